The fourth-order valence-corrected chi connectivity index (χ4v) is 3.85. The second-order valence-electron chi connectivity index (χ2n) is 7.25. The molecule has 2 aromatic rings. The van der Waals surface area contributed by atoms with Crippen LogP contribution >= 0.6 is 0 Å². The van der Waals surface area contributed by atoms with E-state index in [1.165, 1.54) is 12.8 Å². The zero-order chi connectivity index (χ0) is 18.5. The summed E-state index contributed by atoms with van der Waals surface area (Å²) in [5.74, 6) is 1.33. The van der Waals surface area contributed by atoms with Gasteiger partial charge in [0.15, 0.2) is 0 Å². The van der Waals surface area contributed by atoms with Crippen molar-refractivity contribution in [2.24, 2.45) is 0 Å². The maximum atomic E-state index is 12.8. The summed E-state index contributed by atoms with van der Waals surface area (Å²) in [5.41, 5.74) is 1.10. The molecule has 8 nitrogen and oxygen atoms in total. The largest absolute Gasteiger partial charge is 0.339 e. The molecular formula is C19H27N7O. The molecule has 144 valence electrons. The van der Waals surface area contributed by atoms with E-state index in [2.05, 4.69) is 31.3 Å². The molecule has 0 aliphatic carbocycles. The highest BCUT2D eigenvalue weighted by molar-refractivity contribution is 5.76. The standard InChI is InChI=1S/C19H27N7O/c27-18(15-26-11-5-17(23-26)16-4-1-6-20-14-16)24-9-3-10-25(13-12-24)19-21-7-2-8-22-19/h2,5,7-8,11,16,20H,1,3-4,6,9-10,12-15H2. The van der Waals surface area contributed by atoms with Crippen molar-refractivity contribution in [3.63, 3.8) is 0 Å². The van der Waals surface area contributed by atoms with Crippen LogP contribution in [0, 0.1) is 0 Å². The molecular weight excluding hydrogens is 342 g/mol. The molecule has 2 aliphatic heterocycles. The topological polar surface area (TPSA) is 79.2 Å². The monoisotopic (exact) mass is 369 g/mol. The Morgan fingerprint density at radius 2 is 2.04 bits per heavy atom. The molecule has 1 unspecified atom stereocenters. The van der Waals surface area contributed by atoms with E-state index in [4.69, 9.17) is 0 Å². The van der Waals surface area contributed by atoms with E-state index in [0.29, 0.717) is 19.0 Å². The Kier molecular flexibility index (Phi) is 5.62. The van der Waals surface area contributed by atoms with Crippen molar-refractivity contribution in [3.05, 3.63) is 36.4 Å². The van der Waals surface area contributed by atoms with E-state index < -0.39 is 0 Å². The lowest BCUT2D eigenvalue weighted by Gasteiger charge is -2.22. The predicted molar refractivity (Wildman–Crippen MR) is 103 cm³/mol. The molecule has 0 spiro atoms. The Hall–Kier alpha value is -2.48. The lowest BCUT2D eigenvalue weighted by molar-refractivity contribution is -0.131. The summed E-state index contributed by atoms with van der Waals surface area (Å²) in [7, 11) is 0. The van der Waals surface area contributed by atoms with Crippen molar-refractivity contribution in [3.8, 4) is 0 Å². The van der Waals surface area contributed by atoms with E-state index in [0.717, 1.165) is 50.8 Å². The third-order valence-corrected chi connectivity index (χ3v) is 5.36. The first-order valence-corrected chi connectivity index (χ1v) is 9.83. The highest BCUT2D eigenvalue weighted by Gasteiger charge is 2.22. The molecule has 2 saturated heterocycles. The lowest BCUT2D eigenvalue weighted by Crippen LogP contribution is -2.37. The van der Waals surface area contributed by atoms with Gasteiger partial charge in [-0.05, 0) is 37.9 Å². The summed E-state index contributed by atoms with van der Waals surface area (Å²) in [5, 5.41) is 8.07. The first kappa shape index (κ1) is 17.9. The second-order valence-corrected chi connectivity index (χ2v) is 7.25. The predicted octanol–water partition coefficient (Wildman–Crippen LogP) is 0.879. The third-order valence-electron chi connectivity index (χ3n) is 5.36. The zero-order valence-corrected chi connectivity index (χ0v) is 15.6. The smallest absolute Gasteiger partial charge is 0.244 e. The molecule has 4 rings (SSSR count). The van der Waals surface area contributed by atoms with Crippen LogP contribution in [0.1, 0.15) is 30.9 Å². The number of rotatable bonds is 4. The molecule has 2 aliphatic rings. The third kappa shape index (κ3) is 4.44. The summed E-state index contributed by atoms with van der Waals surface area (Å²) in [6, 6.07) is 3.88. The fraction of sp³-hybridized carbons (Fsp3) is 0.579. The van der Waals surface area contributed by atoms with Crippen molar-refractivity contribution in [2.75, 3.05) is 44.2 Å². The minimum absolute atomic E-state index is 0.127. The van der Waals surface area contributed by atoms with Gasteiger partial charge in [0.2, 0.25) is 11.9 Å². The Balaban J connectivity index is 1.32. The molecule has 0 bridgehead atoms. The Morgan fingerprint density at radius 1 is 1.15 bits per heavy atom. The van der Waals surface area contributed by atoms with Gasteiger partial charge in [0.05, 0.1) is 5.69 Å². The van der Waals surface area contributed by atoms with Gasteiger partial charge in [0, 0.05) is 57.2 Å². The Labute approximate surface area is 159 Å². The number of piperidine rings is 1. The minimum atomic E-state index is 0.127. The van der Waals surface area contributed by atoms with Crippen LogP contribution in [0.25, 0.3) is 0 Å². The van der Waals surface area contributed by atoms with Crippen molar-refractivity contribution in [1.29, 1.82) is 0 Å². The highest BCUT2D eigenvalue weighted by atomic mass is 16.2. The van der Waals surface area contributed by atoms with Crippen LogP contribution in [-0.4, -0.2) is 69.8 Å². The van der Waals surface area contributed by atoms with Crippen LogP contribution in [0.15, 0.2) is 30.7 Å². The van der Waals surface area contributed by atoms with E-state index >= 15 is 0 Å². The fourth-order valence-electron chi connectivity index (χ4n) is 3.85. The quantitative estimate of drug-likeness (QED) is 0.862. The van der Waals surface area contributed by atoms with Gasteiger partial charge < -0.3 is 15.1 Å². The summed E-state index contributed by atoms with van der Waals surface area (Å²) in [6.07, 6.45) is 8.72. The molecule has 1 atom stereocenters. The van der Waals surface area contributed by atoms with Gasteiger partial charge in [-0.15, -0.1) is 0 Å². The van der Waals surface area contributed by atoms with E-state index in [-0.39, 0.29) is 5.91 Å². The van der Waals surface area contributed by atoms with Gasteiger partial charge in [-0.25, -0.2) is 9.97 Å². The van der Waals surface area contributed by atoms with Gasteiger partial charge in [-0.1, -0.05) is 0 Å². The molecule has 8 heteroatoms. The first-order chi connectivity index (χ1) is 13.3. The van der Waals surface area contributed by atoms with Crippen LogP contribution < -0.4 is 10.2 Å². The Bertz CT molecular complexity index is 742. The lowest BCUT2D eigenvalue weighted by atomic mass is 9.97. The van der Waals surface area contributed by atoms with Gasteiger partial charge in [-0.2, -0.15) is 5.10 Å². The SMILES string of the molecule is O=C(Cn1ccc(C2CCCNC2)n1)N1CCCN(c2ncccn2)CC1. The molecule has 0 aromatic carbocycles. The van der Waals surface area contributed by atoms with Gasteiger partial charge in [0.25, 0.3) is 0 Å². The van der Waals surface area contributed by atoms with E-state index in [9.17, 15) is 4.79 Å². The average Bonchev–Trinajstić information content (AvgIpc) is 3.04. The summed E-state index contributed by atoms with van der Waals surface area (Å²) in [6.45, 7) is 5.47. The van der Waals surface area contributed by atoms with Crippen molar-refractivity contribution in [1.82, 2.24) is 30.0 Å². The Morgan fingerprint density at radius 3 is 2.85 bits per heavy atom. The number of aromatic nitrogens is 4. The summed E-state index contributed by atoms with van der Waals surface area (Å²) in [4.78, 5) is 25.5. The molecule has 1 N–H and O–H groups in total. The van der Waals surface area contributed by atoms with Crippen LogP contribution in [0.3, 0.4) is 0 Å². The van der Waals surface area contributed by atoms with E-state index in [1.807, 2.05) is 17.2 Å². The van der Waals surface area contributed by atoms with Crippen LogP contribution in [-0.2, 0) is 11.3 Å². The second kappa shape index (κ2) is 8.47. The van der Waals surface area contributed by atoms with Gasteiger partial charge >= 0.3 is 0 Å². The molecule has 1 amide bonds. The number of nitrogens with zero attached hydrogens (tertiary/aromatic N) is 6. The van der Waals surface area contributed by atoms with Crippen LogP contribution in [0.2, 0.25) is 0 Å². The van der Waals surface area contributed by atoms with Crippen molar-refractivity contribution >= 4 is 11.9 Å². The van der Waals surface area contributed by atoms with E-state index in [1.54, 1.807) is 17.1 Å². The molecule has 0 radical (unpaired) electrons. The molecule has 2 aromatic heterocycles. The molecule has 2 fully saturated rings. The number of hydrogen-bond acceptors (Lipinski definition) is 6. The molecule has 27 heavy (non-hydrogen) atoms. The number of hydrogen-bond donors (Lipinski definition) is 1. The average molecular weight is 369 g/mol. The van der Waals surface area contributed by atoms with Crippen molar-refractivity contribution < 1.29 is 4.79 Å². The van der Waals surface area contributed by atoms with Crippen molar-refractivity contribution in [2.45, 2.75) is 31.7 Å². The summed E-state index contributed by atoms with van der Waals surface area (Å²) < 4.78 is 1.79. The number of carbonyl (C=O) groups is 1. The number of carbonyl (C=O) groups excluding carboxylic acids is 1. The molecule has 0 saturated carbocycles. The summed E-state index contributed by atoms with van der Waals surface area (Å²) >= 11 is 0. The normalized spacial score (nSPS) is 21.1. The first-order valence-electron chi connectivity index (χ1n) is 9.83. The zero-order valence-electron chi connectivity index (χ0n) is 15.6. The van der Waals surface area contributed by atoms with Gasteiger partial charge in [0.1, 0.15) is 6.54 Å². The van der Waals surface area contributed by atoms with Gasteiger partial charge in [-0.3, -0.25) is 9.48 Å². The number of anilines is 1. The minimum Gasteiger partial charge on any atom is -0.339 e. The number of nitrogens with one attached hydrogen (secondary N) is 1. The number of amides is 1. The molecule has 4 heterocycles. The maximum absolute atomic E-state index is 12.8. The highest BCUT2D eigenvalue weighted by Crippen LogP contribution is 2.21. The van der Waals surface area contributed by atoms with Crippen LogP contribution in [0.4, 0.5) is 5.95 Å². The maximum Gasteiger partial charge on any atom is 0.244 e. The van der Waals surface area contributed by atoms with Crippen LogP contribution in [0.5, 0.6) is 0 Å².